The zero-order chi connectivity index (χ0) is 13.6. The van der Waals surface area contributed by atoms with Crippen molar-refractivity contribution in [1.82, 2.24) is 5.32 Å². The first-order valence-electron chi connectivity index (χ1n) is 7.64. The molecular formula is C16H27NO2. The van der Waals surface area contributed by atoms with E-state index in [1.165, 1.54) is 25.7 Å². The smallest absolute Gasteiger partial charge is 0.105 e. The van der Waals surface area contributed by atoms with Crippen molar-refractivity contribution in [3.05, 3.63) is 24.2 Å². The Labute approximate surface area is 116 Å². The van der Waals surface area contributed by atoms with Gasteiger partial charge in [-0.25, -0.2) is 0 Å². The zero-order valence-electron chi connectivity index (χ0n) is 12.3. The van der Waals surface area contributed by atoms with Gasteiger partial charge in [-0.1, -0.05) is 25.7 Å². The average molecular weight is 265 g/mol. The first kappa shape index (κ1) is 14.6. The van der Waals surface area contributed by atoms with Gasteiger partial charge in [-0.3, -0.25) is 0 Å². The van der Waals surface area contributed by atoms with Crippen LogP contribution in [0.5, 0.6) is 0 Å². The van der Waals surface area contributed by atoms with Crippen LogP contribution in [0.3, 0.4) is 0 Å². The van der Waals surface area contributed by atoms with Gasteiger partial charge in [-0.05, 0) is 38.9 Å². The van der Waals surface area contributed by atoms with Gasteiger partial charge in [0.05, 0.1) is 11.9 Å². The zero-order valence-corrected chi connectivity index (χ0v) is 12.3. The molecule has 3 nitrogen and oxygen atoms in total. The van der Waals surface area contributed by atoms with Gasteiger partial charge in [0.25, 0.3) is 0 Å². The largest absolute Gasteiger partial charge is 0.469 e. The highest BCUT2D eigenvalue weighted by Gasteiger charge is 2.39. The third kappa shape index (κ3) is 3.61. The van der Waals surface area contributed by atoms with Crippen LogP contribution in [-0.4, -0.2) is 25.3 Å². The summed E-state index contributed by atoms with van der Waals surface area (Å²) >= 11 is 0. The molecule has 1 atom stereocenters. The van der Waals surface area contributed by atoms with Crippen LogP contribution >= 0.6 is 0 Å². The fourth-order valence-corrected chi connectivity index (χ4v) is 3.39. The molecule has 0 radical (unpaired) electrons. The molecule has 108 valence electrons. The Bertz CT molecular complexity index is 340. The van der Waals surface area contributed by atoms with E-state index in [-0.39, 0.29) is 5.60 Å². The van der Waals surface area contributed by atoms with Crippen LogP contribution < -0.4 is 5.32 Å². The van der Waals surface area contributed by atoms with Crippen molar-refractivity contribution < 1.29 is 9.15 Å². The second-order valence-electron chi connectivity index (χ2n) is 5.54. The van der Waals surface area contributed by atoms with Crippen molar-refractivity contribution in [2.75, 3.05) is 13.7 Å². The Morgan fingerprint density at radius 3 is 2.58 bits per heavy atom. The molecule has 1 N–H and O–H groups in total. The van der Waals surface area contributed by atoms with Crippen LogP contribution in [0.1, 0.15) is 51.2 Å². The first-order valence-corrected chi connectivity index (χ1v) is 7.64. The molecule has 3 heteroatoms. The fourth-order valence-electron chi connectivity index (χ4n) is 3.39. The Kier molecular flexibility index (Phi) is 5.46. The molecular weight excluding hydrogens is 238 g/mol. The molecule has 0 aliphatic heterocycles. The van der Waals surface area contributed by atoms with Gasteiger partial charge in [-0.2, -0.15) is 0 Å². The lowest BCUT2D eigenvalue weighted by molar-refractivity contribution is -0.0760. The van der Waals surface area contributed by atoms with Crippen molar-refractivity contribution >= 4 is 0 Å². The number of ether oxygens (including phenoxy) is 1. The van der Waals surface area contributed by atoms with E-state index in [2.05, 4.69) is 18.3 Å². The van der Waals surface area contributed by atoms with Crippen LogP contribution in [0.2, 0.25) is 0 Å². The standard InChI is InChI=1S/C16H27NO2/c1-3-19-16(10-6-4-5-7-11-16)15(17-2)13-14-9-8-12-18-14/h8-9,12,15,17H,3-7,10-11,13H2,1-2H3. The maximum Gasteiger partial charge on any atom is 0.105 e. The summed E-state index contributed by atoms with van der Waals surface area (Å²) in [5.41, 5.74) is -0.0210. The third-order valence-electron chi connectivity index (χ3n) is 4.35. The lowest BCUT2D eigenvalue weighted by Gasteiger charge is -2.40. The minimum absolute atomic E-state index is 0.0210. The van der Waals surface area contributed by atoms with Crippen LogP contribution in [0.4, 0.5) is 0 Å². The Balaban J connectivity index is 2.13. The highest BCUT2D eigenvalue weighted by Crippen LogP contribution is 2.34. The van der Waals surface area contributed by atoms with Gasteiger partial charge >= 0.3 is 0 Å². The average Bonchev–Trinajstić information content (AvgIpc) is 2.82. The normalized spacial score (nSPS) is 20.9. The Hall–Kier alpha value is -0.800. The molecule has 1 fully saturated rings. The quantitative estimate of drug-likeness (QED) is 0.799. The summed E-state index contributed by atoms with van der Waals surface area (Å²) in [7, 11) is 2.04. The summed E-state index contributed by atoms with van der Waals surface area (Å²) in [6, 6.07) is 4.35. The molecule has 1 unspecified atom stereocenters. The molecule has 1 heterocycles. The maximum atomic E-state index is 6.25. The fraction of sp³-hybridized carbons (Fsp3) is 0.750. The molecule has 0 bridgehead atoms. The highest BCUT2D eigenvalue weighted by molar-refractivity contribution is 5.05. The second-order valence-corrected chi connectivity index (χ2v) is 5.54. The van der Waals surface area contributed by atoms with Gasteiger partial charge in [0.1, 0.15) is 5.76 Å². The predicted molar refractivity (Wildman–Crippen MR) is 77.3 cm³/mol. The first-order chi connectivity index (χ1) is 9.30. The molecule has 1 aliphatic rings. The number of hydrogen-bond donors (Lipinski definition) is 1. The molecule has 0 spiro atoms. The molecule has 1 aliphatic carbocycles. The van der Waals surface area contributed by atoms with E-state index in [1.54, 1.807) is 6.26 Å². The number of rotatable bonds is 6. The molecule has 0 saturated heterocycles. The van der Waals surface area contributed by atoms with E-state index >= 15 is 0 Å². The molecule has 0 amide bonds. The van der Waals surface area contributed by atoms with Crippen LogP contribution in [0.15, 0.2) is 22.8 Å². The van der Waals surface area contributed by atoms with Gasteiger partial charge in [0.15, 0.2) is 0 Å². The molecule has 1 aromatic rings. The van der Waals surface area contributed by atoms with Crippen molar-refractivity contribution in [2.24, 2.45) is 0 Å². The van der Waals surface area contributed by atoms with Crippen LogP contribution in [0.25, 0.3) is 0 Å². The molecule has 19 heavy (non-hydrogen) atoms. The Morgan fingerprint density at radius 2 is 2.05 bits per heavy atom. The third-order valence-corrected chi connectivity index (χ3v) is 4.35. The van der Waals surface area contributed by atoms with Crippen LogP contribution in [-0.2, 0) is 11.2 Å². The number of furan rings is 1. The topological polar surface area (TPSA) is 34.4 Å². The predicted octanol–water partition coefficient (Wildman–Crippen LogP) is 3.54. The summed E-state index contributed by atoms with van der Waals surface area (Å²) in [5.74, 6) is 1.04. The van der Waals surface area contributed by atoms with Gasteiger partial charge < -0.3 is 14.5 Å². The van der Waals surface area contributed by atoms with Crippen molar-refractivity contribution in [3.8, 4) is 0 Å². The highest BCUT2D eigenvalue weighted by atomic mass is 16.5. The minimum atomic E-state index is -0.0210. The van der Waals surface area contributed by atoms with E-state index in [1.807, 2.05) is 13.1 Å². The van der Waals surface area contributed by atoms with E-state index in [4.69, 9.17) is 9.15 Å². The number of hydrogen-bond acceptors (Lipinski definition) is 3. The van der Waals surface area contributed by atoms with Crippen molar-refractivity contribution in [1.29, 1.82) is 0 Å². The minimum Gasteiger partial charge on any atom is -0.469 e. The van der Waals surface area contributed by atoms with Crippen molar-refractivity contribution in [2.45, 2.75) is 63.5 Å². The van der Waals surface area contributed by atoms with E-state index in [0.717, 1.165) is 31.6 Å². The lowest BCUT2D eigenvalue weighted by Crippen LogP contribution is -2.52. The summed E-state index contributed by atoms with van der Waals surface area (Å²) in [6.45, 7) is 2.89. The summed E-state index contributed by atoms with van der Waals surface area (Å²) in [6.07, 6.45) is 10.2. The molecule has 2 rings (SSSR count). The number of likely N-dealkylation sites (N-methyl/N-ethyl adjacent to an activating group) is 1. The molecule has 0 aromatic carbocycles. The molecule has 1 aromatic heterocycles. The Morgan fingerprint density at radius 1 is 1.32 bits per heavy atom. The van der Waals surface area contributed by atoms with Gasteiger partial charge in [0, 0.05) is 19.1 Å². The lowest BCUT2D eigenvalue weighted by atomic mass is 9.83. The van der Waals surface area contributed by atoms with E-state index in [0.29, 0.717) is 6.04 Å². The van der Waals surface area contributed by atoms with Crippen LogP contribution in [0, 0.1) is 0 Å². The van der Waals surface area contributed by atoms with Gasteiger partial charge in [0.2, 0.25) is 0 Å². The maximum absolute atomic E-state index is 6.25. The van der Waals surface area contributed by atoms with Gasteiger partial charge in [-0.15, -0.1) is 0 Å². The summed E-state index contributed by atoms with van der Waals surface area (Å²) < 4.78 is 11.8. The monoisotopic (exact) mass is 265 g/mol. The molecule has 1 saturated carbocycles. The summed E-state index contributed by atoms with van der Waals surface area (Å²) in [5, 5.41) is 3.48. The SMILES string of the molecule is CCOC1(C(Cc2ccco2)NC)CCCCCC1. The van der Waals surface area contributed by atoms with E-state index in [9.17, 15) is 0 Å². The number of nitrogens with one attached hydrogen (secondary N) is 1. The van der Waals surface area contributed by atoms with E-state index < -0.39 is 0 Å². The van der Waals surface area contributed by atoms with Crippen molar-refractivity contribution in [3.63, 3.8) is 0 Å². The second kappa shape index (κ2) is 7.11. The summed E-state index contributed by atoms with van der Waals surface area (Å²) in [4.78, 5) is 0.